The Morgan fingerprint density at radius 2 is 2.29 bits per heavy atom. The molecule has 2 rings (SSSR count). The average molecular weight is 236 g/mol. The van der Waals surface area contributed by atoms with E-state index < -0.39 is 6.10 Å². The highest BCUT2D eigenvalue weighted by Gasteiger charge is 2.28. The fraction of sp³-hybridized carbons (Fsp3) is 0.615. The highest BCUT2D eigenvalue weighted by Crippen LogP contribution is 2.24. The van der Waals surface area contributed by atoms with Crippen LogP contribution in [0.5, 0.6) is 0 Å². The molecule has 0 bridgehead atoms. The van der Waals surface area contributed by atoms with E-state index in [4.69, 9.17) is 4.74 Å². The first-order valence-electron chi connectivity index (χ1n) is 6.08. The lowest BCUT2D eigenvalue weighted by atomic mass is 10.1. The molecule has 4 nitrogen and oxygen atoms in total. The van der Waals surface area contributed by atoms with E-state index in [0.717, 1.165) is 18.7 Å². The second-order valence-corrected chi connectivity index (χ2v) is 4.66. The fourth-order valence-corrected chi connectivity index (χ4v) is 2.27. The maximum Gasteiger partial charge on any atom is 0.0931 e. The zero-order valence-electron chi connectivity index (χ0n) is 10.6. The lowest BCUT2D eigenvalue weighted by Gasteiger charge is -2.28. The number of aliphatic hydroxyl groups is 1. The van der Waals surface area contributed by atoms with Gasteiger partial charge in [-0.05, 0) is 32.4 Å². The Labute approximate surface area is 102 Å². The molecule has 1 aliphatic heterocycles. The van der Waals surface area contributed by atoms with Gasteiger partial charge in [0.05, 0.1) is 35.8 Å². The number of likely N-dealkylation sites (N-methyl/N-ethyl adjacent to an activating group) is 1. The van der Waals surface area contributed by atoms with Crippen molar-refractivity contribution in [3.63, 3.8) is 0 Å². The minimum Gasteiger partial charge on any atom is -0.387 e. The van der Waals surface area contributed by atoms with Crippen molar-refractivity contribution < 1.29 is 9.84 Å². The van der Waals surface area contributed by atoms with E-state index >= 15 is 0 Å². The van der Waals surface area contributed by atoms with Crippen LogP contribution in [0.4, 0.5) is 5.69 Å². The fourth-order valence-electron chi connectivity index (χ4n) is 2.27. The molecule has 1 fully saturated rings. The molecule has 17 heavy (non-hydrogen) atoms. The van der Waals surface area contributed by atoms with Crippen LogP contribution >= 0.6 is 0 Å². The van der Waals surface area contributed by atoms with Gasteiger partial charge in [-0.25, -0.2) is 0 Å². The molecule has 1 aromatic rings. The number of hydrogen-bond donors (Lipinski definition) is 1. The Hall–Kier alpha value is -1.13. The molecule has 0 aromatic carbocycles. The summed E-state index contributed by atoms with van der Waals surface area (Å²) in [5.74, 6) is 0. The number of pyridine rings is 1. The zero-order chi connectivity index (χ0) is 12.4. The molecule has 1 N–H and O–H groups in total. The van der Waals surface area contributed by atoms with Gasteiger partial charge in [-0.2, -0.15) is 0 Å². The van der Waals surface area contributed by atoms with Gasteiger partial charge >= 0.3 is 0 Å². The Balaban J connectivity index is 2.11. The molecule has 3 atom stereocenters. The van der Waals surface area contributed by atoms with Gasteiger partial charge in [-0.1, -0.05) is 0 Å². The Kier molecular flexibility index (Phi) is 3.64. The maximum absolute atomic E-state index is 9.41. The van der Waals surface area contributed by atoms with Crippen LogP contribution in [0.1, 0.15) is 32.1 Å². The third kappa shape index (κ3) is 2.58. The van der Waals surface area contributed by atoms with E-state index in [1.165, 1.54) is 0 Å². The van der Waals surface area contributed by atoms with E-state index in [1.807, 2.05) is 18.3 Å². The third-order valence-corrected chi connectivity index (χ3v) is 3.44. The number of aliphatic hydroxyl groups excluding tert-OH is 1. The summed E-state index contributed by atoms with van der Waals surface area (Å²) < 4.78 is 5.57. The Bertz CT molecular complexity index is 364. The highest BCUT2D eigenvalue weighted by atomic mass is 16.5. The monoisotopic (exact) mass is 236 g/mol. The van der Waals surface area contributed by atoms with Crippen LogP contribution in [0.3, 0.4) is 0 Å². The van der Waals surface area contributed by atoms with Crippen molar-refractivity contribution in [2.45, 2.75) is 38.5 Å². The predicted octanol–water partition coefficient (Wildman–Crippen LogP) is 1.75. The standard InChI is InChI=1S/C13H20N2O2/c1-9(16)12-5-4-11(8-14-12)15(3)13-6-7-17-10(13)2/h4-5,8-10,13,16H,6-7H2,1-3H3. The smallest absolute Gasteiger partial charge is 0.0931 e. The molecule has 1 aliphatic rings. The van der Waals surface area contributed by atoms with Gasteiger partial charge in [-0.15, -0.1) is 0 Å². The number of rotatable bonds is 3. The summed E-state index contributed by atoms with van der Waals surface area (Å²) in [6, 6.07) is 4.28. The van der Waals surface area contributed by atoms with E-state index in [2.05, 4.69) is 23.9 Å². The van der Waals surface area contributed by atoms with Gasteiger partial charge in [0.15, 0.2) is 0 Å². The normalized spacial score (nSPS) is 25.9. The highest BCUT2D eigenvalue weighted by molar-refractivity contribution is 5.45. The molecule has 2 heterocycles. The maximum atomic E-state index is 9.41. The summed E-state index contributed by atoms with van der Waals surface area (Å²) in [7, 11) is 2.06. The van der Waals surface area contributed by atoms with Crippen molar-refractivity contribution in [2.75, 3.05) is 18.6 Å². The van der Waals surface area contributed by atoms with E-state index in [1.54, 1.807) is 6.92 Å². The molecule has 4 heteroatoms. The van der Waals surface area contributed by atoms with Crippen LogP contribution < -0.4 is 4.90 Å². The molecule has 0 spiro atoms. The van der Waals surface area contributed by atoms with Crippen LogP contribution in [0.2, 0.25) is 0 Å². The molecular formula is C13H20N2O2. The van der Waals surface area contributed by atoms with Crippen molar-refractivity contribution in [1.82, 2.24) is 4.98 Å². The quantitative estimate of drug-likeness (QED) is 0.868. The first kappa shape index (κ1) is 12.3. The second kappa shape index (κ2) is 5.02. The second-order valence-electron chi connectivity index (χ2n) is 4.66. The van der Waals surface area contributed by atoms with Crippen molar-refractivity contribution in [3.05, 3.63) is 24.0 Å². The molecule has 3 unspecified atom stereocenters. The lowest BCUT2D eigenvalue weighted by Crippen LogP contribution is -2.36. The van der Waals surface area contributed by atoms with Gasteiger partial charge in [0.25, 0.3) is 0 Å². The van der Waals surface area contributed by atoms with Crippen molar-refractivity contribution in [3.8, 4) is 0 Å². The Morgan fingerprint density at radius 1 is 1.53 bits per heavy atom. The van der Waals surface area contributed by atoms with Gasteiger partial charge in [0.1, 0.15) is 0 Å². The zero-order valence-corrected chi connectivity index (χ0v) is 10.6. The number of nitrogens with zero attached hydrogens (tertiary/aromatic N) is 2. The van der Waals surface area contributed by atoms with Crippen LogP contribution in [0.15, 0.2) is 18.3 Å². The summed E-state index contributed by atoms with van der Waals surface area (Å²) in [5, 5.41) is 9.41. The van der Waals surface area contributed by atoms with Crippen LogP contribution in [-0.4, -0.2) is 35.9 Å². The van der Waals surface area contributed by atoms with Crippen molar-refractivity contribution >= 4 is 5.69 Å². The molecule has 1 saturated heterocycles. The van der Waals surface area contributed by atoms with Gasteiger partial charge in [-0.3, -0.25) is 4.98 Å². The van der Waals surface area contributed by atoms with E-state index in [0.29, 0.717) is 11.7 Å². The SMILES string of the molecule is CC(O)c1ccc(N(C)C2CCOC2C)cn1. The van der Waals surface area contributed by atoms with E-state index in [9.17, 15) is 5.11 Å². The minimum absolute atomic E-state index is 0.261. The van der Waals surface area contributed by atoms with Gasteiger partial charge < -0.3 is 14.7 Å². The number of ether oxygens (including phenoxy) is 1. The molecular weight excluding hydrogens is 216 g/mol. The minimum atomic E-state index is -0.511. The largest absolute Gasteiger partial charge is 0.387 e. The molecule has 0 saturated carbocycles. The van der Waals surface area contributed by atoms with Crippen molar-refractivity contribution in [2.24, 2.45) is 0 Å². The van der Waals surface area contributed by atoms with E-state index in [-0.39, 0.29) is 6.10 Å². The van der Waals surface area contributed by atoms with Crippen LogP contribution in [0, 0.1) is 0 Å². The number of anilines is 1. The van der Waals surface area contributed by atoms with Crippen molar-refractivity contribution in [1.29, 1.82) is 0 Å². The van der Waals surface area contributed by atoms with Gasteiger partial charge in [0, 0.05) is 13.7 Å². The topological polar surface area (TPSA) is 45.6 Å². The average Bonchev–Trinajstić information content (AvgIpc) is 2.74. The first-order valence-corrected chi connectivity index (χ1v) is 6.08. The third-order valence-electron chi connectivity index (χ3n) is 3.44. The lowest BCUT2D eigenvalue weighted by molar-refractivity contribution is 0.118. The number of aromatic nitrogens is 1. The predicted molar refractivity (Wildman–Crippen MR) is 67.1 cm³/mol. The summed E-state index contributed by atoms with van der Waals surface area (Å²) in [6.45, 7) is 4.65. The van der Waals surface area contributed by atoms with Gasteiger partial charge in [0.2, 0.25) is 0 Å². The summed E-state index contributed by atoms with van der Waals surface area (Å²) in [6.07, 6.45) is 2.61. The first-order chi connectivity index (χ1) is 8.09. The summed E-state index contributed by atoms with van der Waals surface area (Å²) in [4.78, 5) is 6.47. The number of hydrogen-bond acceptors (Lipinski definition) is 4. The molecule has 0 amide bonds. The molecule has 94 valence electrons. The molecule has 0 radical (unpaired) electrons. The summed E-state index contributed by atoms with van der Waals surface area (Å²) >= 11 is 0. The van der Waals surface area contributed by atoms with Crippen LogP contribution in [-0.2, 0) is 4.74 Å². The molecule has 0 aliphatic carbocycles. The summed E-state index contributed by atoms with van der Waals surface area (Å²) in [5.41, 5.74) is 1.77. The Morgan fingerprint density at radius 3 is 2.76 bits per heavy atom. The van der Waals surface area contributed by atoms with Crippen LogP contribution in [0.25, 0.3) is 0 Å². The molecule has 1 aromatic heterocycles.